The fourth-order valence-corrected chi connectivity index (χ4v) is 2.81. The van der Waals surface area contributed by atoms with Crippen LogP contribution in [0.4, 0.5) is 28.8 Å². The molecule has 0 amide bonds. The lowest BCUT2D eigenvalue weighted by atomic mass is 10.1. The molecule has 0 aliphatic heterocycles. The number of nitro groups is 1. The van der Waals surface area contributed by atoms with Gasteiger partial charge >= 0.3 is 5.69 Å². The molecule has 1 heterocycles. The number of hydrogen-bond donors (Lipinski definition) is 2. The molecule has 0 aliphatic rings. The molecular formula is C20H21N5O3. The molecule has 0 aliphatic carbocycles. The first-order valence-corrected chi connectivity index (χ1v) is 8.80. The molecule has 3 rings (SSSR count). The largest absolute Gasteiger partial charge is 0.497 e. The summed E-state index contributed by atoms with van der Waals surface area (Å²) in [4.78, 5) is 19.7. The number of rotatable bonds is 7. The van der Waals surface area contributed by atoms with Gasteiger partial charge in [-0.2, -0.15) is 4.98 Å². The molecule has 8 heteroatoms. The molecule has 0 spiro atoms. The summed E-state index contributed by atoms with van der Waals surface area (Å²) in [5, 5.41) is 17.7. The zero-order chi connectivity index (χ0) is 20.1. The normalized spacial score (nSPS) is 10.4. The number of aryl methyl sites for hydroxylation is 2. The molecule has 2 N–H and O–H groups in total. The Kier molecular flexibility index (Phi) is 5.69. The first-order valence-electron chi connectivity index (χ1n) is 8.80. The summed E-state index contributed by atoms with van der Waals surface area (Å²) in [6.45, 7) is 3.65. The number of aromatic nitrogens is 2. The van der Waals surface area contributed by atoms with E-state index in [1.807, 2.05) is 24.3 Å². The maximum absolute atomic E-state index is 11.5. The van der Waals surface area contributed by atoms with Gasteiger partial charge in [-0.3, -0.25) is 10.1 Å². The van der Waals surface area contributed by atoms with Crippen molar-refractivity contribution in [2.75, 3.05) is 17.7 Å². The summed E-state index contributed by atoms with van der Waals surface area (Å²) < 4.78 is 5.14. The molecule has 8 nitrogen and oxygen atoms in total. The van der Waals surface area contributed by atoms with Gasteiger partial charge < -0.3 is 15.4 Å². The summed E-state index contributed by atoms with van der Waals surface area (Å²) in [5.74, 6) is 1.11. The molecule has 1 aromatic heterocycles. The van der Waals surface area contributed by atoms with Crippen molar-refractivity contribution in [3.8, 4) is 5.75 Å². The van der Waals surface area contributed by atoms with Gasteiger partial charge in [-0.05, 0) is 49.2 Å². The van der Waals surface area contributed by atoms with Crippen molar-refractivity contribution in [3.05, 3.63) is 69.9 Å². The Bertz CT molecular complexity index is 990. The molecular weight excluding hydrogens is 358 g/mol. The third-order valence-corrected chi connectivity index (χ3v) is 4.24. The highest BCUT2D eigenvalue weighted by molar-refractivity contribution is 5.70. The fraction of sp³-hybridized carbons (Fsp3) is 0.200. The predicted octanol–water partition coefficient (Wildman–Crippen LogP) is 4.75. The van der Waals surface area contributed by atoms with Crippen LogP contribution in [0.1, 0.15) is 18.2 Å². The van der Waals surface area contributed by atoms with E-state index < -0.39 is 4.92 Å². The van der Waals surface area contributed by atoms with Crippen LogP contribution < -0.4 is 15.4 Å². The summed E-state index contributed by atoms with van der Waals surface area (Å²) >= 11 is 0. The van der Waals surface area contributed by atoms with Gasteiger partial charge in [0.1, 0.15) is 11.4 Å². The topological polar surface area (TPSA) is 102 Å². The molecule has 2 aromatic carbocycles. The van der Waals surface area contributed by atoms with Crippen LogP contribution in [0.5, 0.6) is 5.75 Å². The van der Waals surface area contributed by atoms with Crippen LogP contribution in [0.25, 0.3) is 0 Å². The second-order valence-corrected chi connectivity index (χ2v) is 6.08. The molecule has 0 radical (unpaired) electrons. The summed E-state index contributed by atoms with van der Waals surface area (Å²) in [5.41, 5.74) is 2.74. The van der Waals surface area contributed by atoms with Crippen LogP contribution in [0.2, 0.25) is 0 Å². The van der Waals surface area contributed by atoms with Crippen molar-refractivity contribution >= 4 is 28.8 Å². The zero-order valence-corrected chi connectivity index (χ0v) is 15.9. The van der Waals surface area contributed by atoms with Gasteiger partial charge in [0, 0.05) is 11.4 Å². The van der Waals surface area contributed by atoms with Crippen LogP contribution in [-0.2, 0) is 6.42 Å². The fourth-order valence-electron chi connectivity index (χ4n) is 2.81. The minimum atomic E-state index is -0.481. The molecule has 144 valence electrons. The van der Waals surface area contributed by atoms with Crippen molar-refractivity contribution in [1.82, 2.24) is 9.97 Å². The van der Waals surface area contributed by atoms with Crippen molar-refractivity contribution in [3.63, 3.8) is 0 Å². The number of benzene rings is 2. The molecule has 0 atom stereocenters. The second kappa shape index (κ2) is 8.34. The van der Waals surface area contributed by atoms with Gasteiger partial charge in [0.15, 0.2) is 0 Å². The SMILES string of the molecule is CCc1ccccc1Nc1nc(C)c([N+](=O)[O-])c(Nc2ccc(OC)cc2)n1. The van der Waals surface area contributed by atoms with E-state index in [0.717, 1.165) is 17.7 Å². The third kappa shape index (κ3) is 4.17. The van der Waals surface area contributed by atoms with E-state index in [1.54, 1.807) is 38.3 Å². The van der Waals surface area contributed by atoms with E-state index in [-0.39, 0.29) is 17.2 Å². The van der Waals surface area contributed by atoms with E-state index in [1.165, 1.54) is 0 Å². The van der Waals surface area contributed by atoms with E-state index in [4.69, 9.17) is 4.74 Å². The Morgan fingerprint density at radius 2 is 1.79 bits per heavy atom. The lowest BCUT2D eigenvalue weighted by molar-refractivity contribution is -0.385. The summed E-state index contributed by atoms with van der Waals surface area (Å²) in [6, 6.07) is 14.9. The highest BCUT2D eigenvalue weighted by Gasteiger charge is 2.22. The predicted molar refractivity (Wildman–Crippen MR) is 109 cm³/mol. The number of ether oxygens (including phenoxy) is 1. The number of nitrogens with zero attached hydrogens (tertiary/aromatic N) is 3. The van der Waals surface area contributed by atoms with Gasteiger partial charge in [0.25, 0.3) is 0 Å². The minimum Gasteiger partial charge on any atom is -0.497 e. The van der Waals surface area contributed by atoms with Gasteiger partial charge in [-0.25, -0.2) is 4.98 Å². The molecule has 0 saturated heterocycles. The molecule has 0 saturated carbocycles. The summed E-state index contributed by atoms with van der Waals surface area (Å²) in [7, 11) is 1.58. The lowest BCUT2D eigenvalue weighted by Crippen LogP contribution is -2.08. The van der Waals surface area contributed by atoms with E-state index in [9.17, 15) is 10.1 Å². The van der Waals surface area contributed by atoms with Crippen LogP contribution in [0.3, 0.4) is 0 Å². The zero-order valence-electron chi connectivity index (χ0n) is 15.9. The van der Waals surface area contributed by atoms with E-state index >= 15 is 0 Å². The van der Waals surface area contributed by atoms with Crippen molar-refractivity contribution in [2.45, 2.75) is 20.3 Å². The quantitative estimate of drug-likeness (QED) is 0.451. The number of nitrogens with one attached hydrogen (secondary N) is 2. The van der Waals surface area contributed by atoms with Crippen molar-refractivity contribution < 1.29 is 9.66 Å². The van der Waals surface area contributed by atoms with Crippen LogP contribution in [0, 0.1) is 17.0 Å². The highest BCUT2D eigenvalue weighted by Crippen LogP contribution is 2.31. The number of anilines is 4. The van der Waals surface area contributed by atoms with E-state index in [2.05, 4.69) is 27.5 Å². The lowest BCUT2D eigenvalue weighted by Gasteiger charge is -2.13. The smallest absolute Gasteiger partial charge is 0.332 e. The first kappa shape index (κ1) is 19.1. The van der Waals surface area contributed by atoms with Gasteiger partial charge in [0.05, 0.1) is 12.0 Å². The Balaban J connectivity index is 1.98. The number of para-hydroxylation sites is 1. The monoisotopic (exact) mass is 379 g/mol. The highest BCUT2D eigenvalue weighted by atomic mass is 16.6. The maximum atomic E-state index is 11.5. The Morgan fingerprint density at radius 1 is 1.07 bits per heavy atom. The average molecular weight is 379 g/mol. The van der Waals surface area contributed by atoms with Crippen molar-refractivity contribution in [2.24, 2.45) is 0 Å². The van der Waals surface area contributed by atoms with Gasteiger partial charge in [-0.15, -0.1) is 0 Å². The van der Waals surface area contributed by atoms with Crippen LogP contribution in [-0.4, -0.2) is 22.0 Å². The molecule has 28 heavy (non-hydrogen) atoms. The molecule has 3 aromatic rings. The Labute approximate surface area is 162 Å². The third-order valence-electron chi connectivity index (χ3n) is 4.24. The van der Waals surface area contributed by atoms with Crippen LogP contribution >= 0.6 is 0 Å². The first-order chi connectivity index (χ1) is 13.5. The van der Waals surface area contributed by atoms with E-state index in [0.29, 0.717) is 17.4 Å². The number of methoxy groups -OCH3 is 1. The average Bonchev–Trinajstić information content (AvgIpc) is 2.68. The minimum absolute atomic E-state index is 0.124. The standard InChI is InChI=1S/C20H21N5O3/c1-4-14-7-5-6-8-17(14)23-20-21-13(2)18(25(26)27)19(24-20)22-15-9-11-16(28-3)12-10-15/h5-12H,4H2,1-3H3,(H2,21,22,23,24). The second-order valence-electron chi connectivity index (χ2n) is 6.08. The maximum Gasteiger partial charge on any atom is 0.332 e. The Hall–Kier alpha value is -3.68. The van der Waals surface area contributed by atoms with Crippen LogP contribution in [0.15, 0.2) is 48.5 Å². The molecule has 0 fully saturated rings. The Morgan fingerprint density at radius 3 is 2.43 bits per heavy atom. The molecule has 0 bridgehead atoms. The molecule has 0 unspecified atom stereocenters. The van der Waals surface area contributed by atoms with Crippen molar-refractivity contribution in [1.29, 1.82) is 0 Å². The van der Waals surface area contributed by atoms with Gasteiger partial charge in [0.2, 0.25) is 11.8 Å². The number of hydrogen-bond acceptors (Lipinski definition) is 7. The van der Waals surface area contributed by atoms with Gasteiger partial charge in [-0.1, -0.05) is 25.1 Å². The summed E-state index contributed by atoms with van der Waals surface area (Å²) in [6.07, 6.45) is 0.839.